The number of aromatic amines is 1. The molecule has 0 aromatic carbocycles. The number of rotatable bonds is 6. The van der Waals surface area contributed by atoms with E-state index >= 15 is 0 Å². The summed E-state index contributed by atoms with van der Waals surface area (Å²) in [6.45, 7) is 2.68. The van der Waals surface area contributed by atoms with Crippen LogP contribution in [0, 0.1) is 16.0 Å². The van der Waals surface area contributed by atoms with Crippen LogP contribution in [-0.2, 0) is 4.74 Å². The number of H-pyrrole nitrogens is 1. The Hall–Kier alpha value is -1.73. The summed E-state index contributed by atoms with van der Waals surface area (Å²) < 4.78 is 5.30. The summed E-state index contributed by atoms with van der Waals surface area (Å²) in [6, 6.07) is 1.28. The summed E-state index contributed by atoms with van der Waals surface area (Å²) in [6.07, 6.45) is 3.28. The van der Waals surface area contributed by atoms with E-state index in [4.69, 9.17) is 4.74 Å². The smallest absolute Gasteiger partial charge is 0.287 e. The fraction of sp³-hybridized carbons (Fsp3) is 0.615. The summed E-state index contributed by atoms with van der Waals surface area (Å²) in [5.74, 6) is 0.423. The molecule has 0 spiro atoms. The standard InChI is InChI=1S/C13H19N3O4/c1-15(8-10-2-4-20-5-3-10)9-13(17)12-6-11(7-14-12)16(18)19/h6-7,10,14H,2-5,8-9H2,1H3. The predicted octanol–water partition coefficient (Wildman–Crippen LogP) is 1.46. The second-order valence-corrected chi connectivity index (χ2v) is 5.20. The van der Waals surface area contributed by atoms with E-state index in [1.54, 1.807) is 0 Å². The summed E-state index contributed by atoms with van der Waals surface area (Å²) in [4.78, 5) is 26.7. The number of hydrogen-bond acceptors (Lipinski definition) is 5. The number of Topliss-reactive ketones (excluding diaryl/α,β-unsaturated/α-hetero) is 1. The SMILES string of the molecule is CN(CC(=O)c1cc([N+](=O)[O-])c[nH]1)CC1CCOCC1. The Morgan fingerprint density at radius 2 is 2.25 bits per heavy atom. The molecule has 0 atom stereocenters. The van der Waals surface area contributed by atoms with E-state index in [1.165, 1.54) is 12.3 Å². The van der Waals surface area contributed by atoms with E-state index in [9.17, 15) is 14.9 Å². The normalized spacial score (nSPS) is 16.5. The van der Waals surface area contributed by atoms with Crippen LogP contribution in [0.3, 0.4) is 0 Å². The van der Waals surface area contributed by atoms with Crippen LogP contribution >= 0.6 is 0 Å². The van der Waals surface area contributed by atoms with Crippen molar-refractivity contribution in [3.63, 3.8) is 0 Å². The van der Waals surface area contributed by atoms with Gasteiger partial charge in [-0.05, 0) is 25.8 Å². The molecule has 1 aliphatic rings. The van der Waals surface area contributed by atoms with Crippen LogP contribution in [-0.4, -0.2) is 53.9 Å². The molecule has 0 unspecified atom stereocenters. The molecular formula is C13H19N3O4. The van der Waals surface area contributed by atoms with Gasteiger partial charge >= 0.3 is 0 Å². The molecular weight excluding hydrogens is 262 g/mol. The molecule has 2 rings (SSSR count). The first-order valence-corrected chi connectivity index (χ1v) is 6.68. The van der Waals surface area contributed by atoms with E-state index in [-0.39, 0.29) is 23.7 Å². The average Bonchev–Trinajstić information content (AvgIpc) is 2.89. The highest BCUT2D eigenvalue weighted by Crippen LogP contribution is 2.16. The van der Waals surface area contributed by atoms with Gasteiger partial charge in [-0.1, -0.05) is 0 Å². The Morgan fingerprint density at radius 3 is 2.85 bits per heavy atom. The first-order chi connectivity index (χ1) is 9.56. The number of nitrogens with zero attached hydrogens (tertiary/aromatic N) is 2. The number of ether oxygens (including phenoxy) is 1. The molecule has 0 saturated carbocycles. The summed E-state index contributed by atoms with van der Waals surface area (Å²) >= 11 is 0. The number of ketones is 1. The number of nitro groups is 1. The van der Waals surface area contributed by atoms with Crippen LogP contribution < -0.4 is 0 Å². The van der Waals surface area contributed by atoms with Gasteiger partial charge < -0.3 is 9.72 Å². The molecule has 2 heterocycles. The minimum atomic E-state index is -0.515. The number of hydrogen-bond donors (Lipinski definition) is 1. The van der Waals surface area contributed by atoms with E-state index in [0.29, 0.717) is 5.92 Å². The lowest BCUT2D eigenvalue weighted by Crippen LogP contribution is -2.33. The van der Waals surface area contributed by atoms with Crippen molar-refractivity contribution in [2.24, 2.45) is 5.92 Å². The molecule has 7 heteroatoms. The first-order valence-electron chi connectivity index (χ1n) is 6.68. The Kier molecular flexibility index (Phi) is 4.86. The lowest BCUT2D eigenvalue weighted by atomic mass is 10.00. The molecule has 7 nitrogen and oxygen atoms in total. The molecule has 1 fully saturated rings. The van der Waals surface area contributed by atoms with Crippen molar-refractivity contribution in [1.29, 1.82) is 0 Å². The highest BCUT2D eigenvalue weighted by molar-refractivity contribution is 5.96. The van der Waals surface area contributed by atoms with E-state index in [2.05, 4.69) is 4.98 Å². The zero-order chi connectivity index (χ0) is 14.5. The fourth-order valence-corrected chi connectivity index (χ4v) is 2.41. The molecule has 20 heavy (non-hydrogen) atoms. The number of likely N-dealkylation sites (N-methyl/N-ethyl adjacent to an activating group) is 1. The van der Waals surface area contributed by atoms with Gasteiger partial charge in [-0.3, -0.25) is 19.8 Å². The average molecular weight is 281 g/mol. The van der Waals surface area contributed by atoms with Crippen LogP contribution in [0.4, 0.5) is 5.69 Å². The van der Waals surface area contributed by atoms with Gasteiger partial charge in [-0.15, -0.1) is 0 Å². The van der Waals surface area contributed by atoms with Gasteiger partial charge in [0, 0.05) is 25.8 Å². The molecule has 0 radical (unpaired) electrons. The molecule has 1 N–H and O–H groups in total. The second-order valence-electron chi connectivity index (χ2n) is 5.20. The van der Waals surface area contributed by atoms with Crippen molar-refractivity contribution in [2.45, 2.75) is 12.8 Å². The Bertz CT molecular complexity index is 480. The Balaban J connectivity index is 1.84. The van der Waals surface area contributed by atoms with Crippen LogP contribution in [0.15, 0.2) is 12.3 Å². The maximum Gasteiger partial charge on any atom is 0.287 e. The largest absolute Gasteiger partial charge is 0.381 e. The maximum absolute atomic E-state index is 12.0. The van der Waals surface area contributed by atoms with E-state index in [0.717, 1.165) is 32.6 Å². The molecule has 1 aromatic rings. The lowest BCUT2D eigenvalue weighted by Gasteiger charge is -2.26. The summed E-state index contributed by atoms with van der Waals surface area (Å²) in [7, 11) is 1.89. The fourth-order valence-electron chi connectivity index (χ4n) is 2.41. The van der Waals surface area contributed by atoms with Crippen molar-refractivity contribution in [2.75, 3.05) is 33.4 Å². The zero-order valence-corrected chi connectivity index (χ0v) is 11.5. The molecule has 0 bridgehead atoms. The third-order valence-corrected chi connectivity index (χ3v) is 3.50. The topological polar surface area (TPSA) is 88.5 Å². The second kappa shape index (κ2) is 6.62. The molecule has 110 valence electrons. The van der Waals surface area contributed by atoms with Crippen LogP contribution in [0.2, 0.25) is 0 Å². The number of carbonyl (C=O) groups is 1. The summed E-state index contributed by atoms with van der Waals surface area (Å²) in [5.41, 5.74) is 0.205. The van der Waals surface area contributed by atoms with E-state index in [1.807, 2.05) is 11.9 Å². The van der Waals surface area contributed by atoms with E-state index < -0.39 is 4.92 Å². The number of carbonyl (C=O) groups excluding carboxylic acids is 1. The van der Waals surface area contributed by atoms with Crippen LogP contribution in [0.5, 0.6) is 0 Å². The Morgan fingerprint density at radius 1 is 1.55 bits per heavy atom. The van der Waals surface area contributed by atoms with Gasteiger partial charge in [0.15, 0.2) is 5.78 Å². The molecule has 0 aliphatic carbocycles. The third kappa shape index (κ3) is 3.88. The molecule has 1 saturated heterocycles. The van der Waals surface area contributed by atoms with Gasteiger partial charge in [0.05, 0.1) is 23.4 Å². The molecule has 0 amide bonds. The lowest BCUT2D eigenvalue weighted by molar-refractivity contribution is -0.384. The number of nitrogens with one attached hydrogen (secondary N) is 1. The highest BCUT2D eigenvalue weighted by Gasteiger charge is 2.19. The van der Waals surface area contributed by atoms with Crippen molar-refractivity contribution in [3.05, 3.63) is 28.1 Å². The van der Waals surface area contributed by atoms with Gasteiger partial charge in [0.25, 0.3) is 5.69 Å². The van der Waals surface area contributed by atoms with Gasteiger partial charge in [0.1, 0.15) is 0 Å². The number of aromatic nitrogens is 1. The molecule has 1 aromatic heterocycles. The summed E-state index contributed by atoms with van der Waals surface area (Å²) in [5, 5.41) is 10.6. The van der Waals surface area contributed by atoms with Crippen LogP contribution in [0.25, 0.3) is 0 Å². The quantitative estimate of drug-likeness (QED) is 0.484. The van der Waals surface area contributed by atoms with Crippen molar-refractivity contribution in [3.8, 4) is 0 Å². The van der Waals surface area contributed by atoms with Crippen LogP contribution in [0.1, 0.15) is 23.3 Å². The van der Waals surface area contributed by atoms with Gasteiger partial charge in [-0.2, -0.15) is 0 Å². The van der Waals surface area contributed by atoms with Crippen molar-refractivity contribution >= 4 is 11.5 Å². The third-order valence-electron chi connectivity index (χ3n) is 3.50. The monoisotopic (exact) mass is 281 g/mol. The van der Waals surface area contributed by atoms with Gasteiger partial charge in [0.2, 0.25) is 0 Å². The highest BCUT2D eigenvalue weighted by atomic mass is 16.6. The predicted molar refractivity (Wildman–Crippen MR) is 72.8 cm³/mol. The Labute approximate surface area is 117 Å². The molecule has 1 aliphatic heterocycles. The van der Waals surface area contributed by atoms with Crippen molar-refractivity contribution in [1.82, 2.24) is 9.88 Å². The van der Waals surface area contributed by atoms with Crippen molar-refractivity contribution < 1.29 is 14.5 Å². The van der Waals surface area contributed by atoms with Gasteiger partial charge in [-0.25, -0.2) is 0 Å². The minimum Gasteiger partial charge on any atom is -0.381 e. The minimum absolute atomic E-state index is 0.0829. The zero-order valence-electron chi connectivity index (χ0n) is 11.5. The maximum atomic E-state index is 12.0. The first kappa shape index (κ1) is 14.7.